The maximum atomic E-state index is 13.6. The van der Waals surface area contributed by atoms with Crippen molar-refractivity contribution < 1.29 is 22.7 Å². The smallest absolute Gasteiger partial charge is 0.264 e. The van der Waals surface area contributed by atoms with Gasteiger partial charge in [-0.2, -0.15) is 0 Å². The molecule has 6 aliphatic rings. The number of benzene rings is 2. The maximum Gasteiger partial charge on any atom is 0.264 e. The first-order valence-electron chi connectivity index (χ1n) is 19.6. The van der Waals surface area contributed by atoms with E-state index < -0.39 is 26.8 Å². The second-order valence-electron chi connectivity index (χ2n) is 16.8. The Morgan fingerprint density at radius 2 is 1.90 bits per heavy atom. The number of carbonyl (C=O) groups excluding carboxylic acids is 1. The molecule has 2 aromatic carbocycles. The summed E-state index contributed by atoms with van der Waals surface area (Å²) in [6, 6.07) is 12.3. The number of anilines is 1. The first-order valence-corrected chi connectivity index (χ1v) is 21.5. The number of hydrogen-bond donors (Lipinski definition) is 1. The number of halogens is 1. The summed E-state index contributed by atoms with van der Waals surface area (Å²) in [5.74, 6) is 0.554. The van der Waals surface area contributed by atoms with E-state index in [0.29, 0.717) is 30.6 Å². The molecule has 1 saturated carbocycles. The molecule has 4 aliphatic heterocycles. The zero-order valence-electron chi connectivity index (χ0n) is 31.0. The second kappa shape index (κ2) is 14.2. The largest absolute Gasteiger partial charge is 0.490 e. The highest BCUT2D eigenvalue weighted by Crippen LogP contribution is 2.49. The van der Waals surface area contributed by atoms with Crippen LogP contribution in [0.15, 0.2) is 48.6 Å². The van der Waals surface area contributed by atoms with E-state index in [9.17, 15) is 13.2 Å². The van der Waals surface area contributed by atoms with Gasteiger partial charge < -0.3 is 14.4 Å². The normalized spacial score (nSPS) is 35.7. The number of aryl methyl sites for hydroxylation is 1. The standard InChI is InChI=1S/C41H55ClN4O5S/c1-28-7-4-17-41(50-3,26-44-19-20-45-18-6-9-34(45)24-44)36-13-10-32(36)23-46-25-40(16-5-8-30-21-33(42)12-14-35(30)40)27-51-38-15-11-31(22-37(38)46)39(47)43-52(48,49)29(28)2/h4,11-12,14-15,17,21-22,28-29,32,34,36H,5-10,13,16,18-20,23-27H2,1-3H3,(H,43,47)/b17-4+/t28-,29+,32-,34+,36+,40-,41-/m0/s1. The number of ether oxygens (including phenoxy) is 2. The van der Waals surface area contributed by atoms with Gasteiger partial charge in [-0.05, 0) is 124 Å². The van der Waals surface area contributed by atoms with Gasteiger partial charge in [0.25, 0.3) is 5.91 Å². The summed E-state index contributed by atoms with van der Waals surface area (Å²) >= 11 is 6.51. The summed E-state index contributed by atoms with van der Waals surface area (Å²) in [5.41, 5.74) is 2.98. The van der Waals surface area contributed by atoms with Crippen LogP contribution in [-0.4, -0.2) is 101 Å². The maximum absolute atomic E-state index is 13.6. The summed E-state index contributed by atoms with van der Waals surface area (Å²) in [6.07, 6.45) is 12.7. The summed E-state index contributed by atoms with van der Waals surface area (Å²) in [5, 5.41) is -0.0122. The van der Waals surface area contributed by atoms with Crippen molar-refractivity contribution in [1.29, 1.82) is 0 Å². The Morgan fingerprint density at radius 1 is 1.04 bits per heavy atom. The minimum absolute atomic E-state index is 0.205. The van der Waals surface area contributed by atoms with Crippen LogP contribution in [0.2, 0.25) is 5.02 Å². The first kappa shape index (κ1) is 36.4. The van der Waals surface area contributed by atoms with Crippen LogP contribution in [0.5, 0.6) is 5.75 Å². The van der Waals surface area contributed by atoms with Crippen LogP contribution in [-0.2, 0) is 26.6 Å². The van der Waals surface area contributed by atoms with Crippen molar-refractivity contribution in [3.8, 4) is 5.75 Å². The zero-order valence-corrected chi connectivity index (χ0v) is 32.6. The molecule has 2 bridgehead atoms. The Bertz CT molecular complexity index is 1820. The van der Waals surface area contributed by atoms with Crippen LogP contribution in [0.4, 0.5) is 5.69 Å². The lowest BCUT2D eigenvalue weighted by Crippen LogP contribution is -2.60. The van der Waals surface area contributed by atoms with E-state index in [-0.39, 0.29) is 17.3 Å². The van der Waals surface area contributed by atoms with Crippen LogP contribution in [0.25, 0.3) is 0 Å². The SMILES string of the molecule is CO[C@]1(CN2CCN3CCC[C@@H]3C2)/C=C/C[C@H](C)[C@@H](C)S(=O)(=O)NC(=O)c2ccc3c(c2)N(C[C@@H]2CC[C@H]21)C[C@@]1(CCCc2cc(Cl)ccc21)CO3. The summed E-state index contributed by atoms with van der Waals surface area (Å²) in [4.78, 5) is 21.4. The monoisotopic (exact) mass is 750 g/mol. The molecule has 1 spiro atoms. The molecule has 11 heteroatoms. The Balaban J connectivity index is 1.19. The zero-order chi connectivity index (χ0) is 36.3. The molecule has 7 atom stereocenters. The van der Waals surface area contributed by atoms with Gasteiger partial charge in [0.15, 0.2) is 0 Å². The van der Waals surface area contributed by atoms with Crippen molar-refractivity contribution in [3.05, 3.63) is 70.3 Å². The Kier molecular flexibility index (Phi) is 9.94. The van der Waals surface area contributed by atoms with Gasteiger partial charge in [0.05, 0.1) is 17.5 Å². The first-order chi connectivity index (χ1) is 25.0. The van der Waals surface area contributed by atoms with Crippen LogP contribution in [0, 0.1) is 17.8 Å². The van der Waals surface area contributed by atoms with Crippen molar-refractivity contribution in [3.63, 3.8) is 0 Å². The number of hydrogen-bond acceptors (Lipinski definition) is 8. The molecule has 1 N–H and O–H groups in total. The van der Waals surface area contributed by atoms with E-state index in [2.05, 4.69) is 43.7 Å². The van der Waals surface area contributed by atoms with Crippen molar-refractivity contribution in [1.82, 2.24) is 14.5 Å². The number of amides is 1. The highest BCUT2D eigenvalue weighted by atomic mass is 35.5. The van der Waals surface area contributed by atoms with Crippen molar-refractivity contribution in [2.75, 3.05) is 64.4 Å². The fourth-order valence-corrected chi connectivity index (χ4v) is 11.8. The number of carbonyl (C=O) groups is 1. The fourth-order valence-electron chi connectivity index (χ4n) is 10.4. The average molecular weight is 751 g/mol. The number of allylic oxidation sites excluding steroid dienone is 1. The molecule has 2 aliphatic carbocycles. The molecule has 3 fully saturated rings. The Morgan fingerprint density at radius 3 is 2.71 bits per heavy atom. The highest BCUT2D eigenvalue weighted by Gasteiger charge is 2.50. The van der Waals surface area contributed by atoms with Gasteiger partial charge in [-0.15, -0.1) is 0 Å². The fraction of sp³-hybridized carbons (Fsp3) is 0.634. The van der Waals surface area contributed by atoms with Gasteiger partial charge in [0.1, 0.15) is 11.4 Å². The number of fused-ring (bicyclic) bond motifs is 5. The lowest BCUT2D eigenvalue weighted by atomic mass is 9.63. The molecule has 0 unspecified atom stereocenters. The number of nitrogens with zero attached hydrogens (tertiary/aromatic N) is 3. The van der Waals surface area contributed by atoms with Gasteiger partial charge >= 0.3 is 0 Å². The van der Waals surface area contributed by atoms with Gasteiger partial charge in [0, 0.05) is 68.4 Å². The van der Waals surface area contributed by atoms with Gasteiger partial charge in [-0.3, -0.25) is 14.6 Å². The molecule has 4 heterocycles. The number of sulfonamides is 1. The molecule has 2 saturated heterocycles. The van der Waals surface area contributed by atoms with Crippen molar-refractivity contribution in [2.24, 2.45) is 17.8 Å². The molecule has 282 valence electrons. The van der Waals surface area contributed by atoms with Gasteiger partial charge in [-0.25, -0.2) is 13.1 Å². The van der Waals surface area contributed by atoms with E-state index in [4.69, 9.17) is 21.1 Å². The van der Waals surface area contributed by atoms with Crippen molar-refractivity contribution in [2.45, 2.75) is 87.5 Å². The van der Waals surface area contributed by atoms with Gasteiger partial charge in [0.2, 0.25) is 10.0 Å². The summed E-state index contributed by atoms with van der Waals surface area (Å²) in [6.45, 7) is 10.9. The molecule has 8 rings (SSSR count). The molecule has 0 aromatic heterocycles. The van der Waals surface area contributed by atoms with E-state index >= 15 is 0 Å². The van der Waals surface area contributed by atoms with E-state index in [0.717, 1.165) is 87.8 Å². The third-order valence-electron chi connectivity index (χ3n) is 13.8. The number of rotatable bonds is 3. The third kappa shape index (κ3) is 6.69. The number of methoxy groups -OCH3 is 1. The molecule has 52 heavy (non-hydrogen) atoms. The summed E-state index contributed by atoms with van der Waals surface area (Å²) in [7, 11) is -2.07. The second-order valence-corrected chi connectivity index (χ2v) is 19.2. The highest BCUT2D eigenvalue weighted by molar-refractivity contribution is 7.90. The van der Waals surface area contributed by atoms with Crippen LogP contribution >= 0.6 is 11.6 Å². The Hall–Kier alpha value is -2.63. The van der Waals surface area contributed by atoms with Crippen LogP contribution < -0.4 is 14.4 Å². The van der Waals surface area contributed by atoms with E-state index in [1.165, 1.54) is 30.5 Å². The number of piperazine rings is 1. The predicted octanol–water partition coefficient (Wildman–Crippen LogP) is 6.05. The lowest BCUT2D eigenvalue weighted by molar-refractivity contribution is -0.0974. The molecule has 9 nitrogen and oxygen atoms in total. The van der Waals surface area contributed by atoms with E-state index in [1.54, 1.807) is 13.0 Å². The summed E-state index contributed by atoms with van der Waals surface area (Å²) < 4.78 is 43.1. The lowest BCUT2D eigenvalue weighted by Gasteiger charge is -2.52. The van der Waals surface area contributed by atoms with E-state index in [1.807, 2.05) is 32.2 Å². The molecular weight excluding hydrogens is 696 g/mol. The van der Waals surface area contributed by atoms with Crippen LogP contribution in [0.3, 0.4) is 0 Å². The van der Waals surface area contributed by atoms with Crippen molar-refractivity contribution >= 4 is 33.2 Å². The average Bonchev–Trinajstić information content (AvgIpc) is 3.53. The molecule has 1 amide bonds. The molecule has 0 radical (unpaired) electrons. The van der Waals surface area contributed by atoms with Crippen LogP contribution in [0.1, 0.15) is 80.3 Å². The molecule has 2 aromatic rings. The Labute approximate surface area is 315 Å². The number of nitrogens with one attached hydrogen (secondary N) is 1. The predicted molar refractivity (Wildman–Crippen MR) is 206 cm³/mol. The quantitative estimate of drug-likeness (QED) is 0.380. The third-order valence-corrected chi connectivity index (χ3v) is 15.9. The van der Waals surface area contributed by atoms with Gasteiger partial charge in [-0.1, -0.05) is 36.7 Å². The topological polar surface area (TPSA) is 91.4 Å². The molecular formula is C41H55ClN4O5S. The minimum atomic E-state index is -3.94. The minimum Gasteiger partial charge on any atom is -0.490 e.